The number of carbonyl (C=O) groups excluding carboxylic acids is 2. The van der Waals surface area contributed by atoms with Gasteiger partial charge in [0.2, 0.25) is 0 Å². The molecule has 21 heavy (non-hydrogen) atoms. The van der Waals surface area contributed by atoms with E-state index in [9.17, 15) is 9.59 Å². The van der Waals surface area contributed by atoms with Gasteiger partial charge in [0.1, 0.15) is 0 Å². The van der Waals surface area contributed by atoms with Crippen molar-refractivity contribution >= 4 is 11.9 Å². The molecule has 1 unspecified atom stereocenters. The maximum atomic E-state index is 12.4. The minimum atomic E-state index is -0.708. The van der Waals surface area contributed by atoms with Crippen molar-refractivity contribution in [3.63, 3.8) is 0 Å². The summed E-state index contributed by atoms with van der Waals surface area (Å²) >= 11 is 0. The summed E-state index contributed by atoms with van der Waals surface area (Å²) in [6.45, 7) is 1.52. The SMILES string of the molecule is COCc1ccc(C(=O)N2CCOC(C(=O)OC)C2)cc1. The van der Waals surface area contributed by atoms with Crippen LogP contribution < -0.4 is 0 Å². The van der Waals surface area contributed by atoms with Crippen molar-refractivity contribution < 1.29 is 23.8 Å². The van der Waals surface area contributed by atoms with E-state index < -0.39 is 12.1 Å². The Morgan fingerprint density at radius 1 is 1.29 bits per heavy atom. The lowest BCUT2D eigenvalue weighted by molar-refractivity contribution is -0.158. The number of hydrogen-bond donors (Lipinski definition) is 0. The van der Waals surface area contributed by atoms with Gasteiger partial charge >= 0.3 is 5.97 Å². The molecule has 114 valence electrons. The fourth-order valence-electron chi connectivity index (χ4n) is 2.20. The van der Waals surface area contributed by atoms with Gasteiger partial charge in [-0.05, 0) is 17.7 Å². The Morgan fingerprint density at radius 3 is 2.62 bits per heavy atom. The highest BCUT2D eigenvalue weighted by Crippen LogP contribution is 2.13. The number of hydrogen-bond acceptors (Lipinski definition) is 5. The first-order valence-electron chi connectivity index (χ1n) is 6.72. The molecule has 1 amide bonds. The molecule has 0 bridgehead atoms. The van der Waals surface area contributed by atoms with E-state index in [1.165, 1.54) is 7.11 Å². The Morgan fingerprint density at radius 2 is 2.00 bits per heavy atom. The topological polar surface area (TPSA) is 65.1 Å². The summed E-state index contributed by atoms with van der Waals surface area (Å²) in [5, 5.41) is 0. The van der Waals surface area contributed by atoms with Crippen LogP contribution in [0.1, 0.15) is 15.9 Å². The molecule has 2 rings (SSSR count). The zero-order chi connectivity index (χ0) is 15.2. The second kappa shape index (κ2) is 7.19. The summed E-state index contributed by atoms with van der Waals surface area (Å²) < 4.78 is 15.0. The van der Waals surface area contributed by atoms with Crippen LogP contribution in [0.3, 0.4) is 0 Å². The van der Waals surface area contributed by atoms with E-state index in [2.05, 4.69) is 4.74 Å². The summed E-state index contributed by atoms with van der Waals surface area (Å²) in [6, 6.07) is 7.24. The molecule has 0 aliphatic carbocycles. The lowest BCUT2D eigenvalue weighted by Crippen LogP contribution is -2.48. The third kappa shape index (κ3) is 3.80. The second-order valence-corrected chi connectivity index (χ2v) is 4.76. The molecule has 0 saturated carbocycles. The Hall–Kier alpha value is -1.92. The molecule has 1 atom stereocenters. The molecule has 0 aromatic heterocycles. The van der Waals surface area contributed by atoms with Crippen molar-refractivity contribution in [2.75, 3.05) is 33.9 Å². The Kier molecular flexibility index (Phi) is 5.30. The van der Waals surface area contributed by atoms with Gasteiger partial charge < -0.3 is 19.1 Å². The Balaban J connectivity index is 2.03. The van der Waals surface area contributed by atoms with Crippen molar-refractivity contribution in [2.45, 2.75) is 12.7 Å². The first kappa shape index (κ1) is 15.5. The van der Waals surface area contributed by atoms with Crippen LogP contribution in [0.25, 0.3) is 0 Å². The number of ether oxygens (including phenoxy) is 3. The molecule has 1 fully saturated rings. The zero-order valence-corrected chi connectivity index (χ0v) is 12.2. The highest BCUT2D eigenvalue weighted by molar-refractivity contribution is 5.94. The first-order chi connectivity index (χ1) is 10.2. The molecule has 1 aromatic rings. The molecular formula is C15H19NO5. The molecule has 1 aliphatic heterocycles. The largest absolute Gasteiger partial charge is 0.467 e. The molecule has 1 saturated heterocycles. The van der Waals surface area contributed by atoms with Crippen LogP contribution >= 0.6 is 0 Å². The molecule has 1 heterocycles. The van der Waals surface area contributed by atoms with Gasteiger partial charge in [0.15, 0.2) is 6.10 Å². The molecule has 0 radical (unpaired) electrons. The van der Waals surface area contributed by atoms with Gasteiger partial charge in [-0.25, -0.2) is 4.79 Å². The van der Waals surface area contributed by atoms with Crippen molar-refractivity contribution in [3.05, 3.63) is 35.4 Å². The average molecular weight is 293 g/mol. The summed E-state index contributed by atoms with van der Waals surface area (Å²) in [5.74, 6) is -0.570. The van der Waals surface area contributed by atoms with Crippen LogP contribution in [0, 0.1) is 0 Å². The highest BCUT2D eigenvalue weighted by atomic mass is 16.6. The molecule has 6 nitrogen and oxygen atoms in total. The van der Waals surface area contributed by atoms with E-state index in [4.69, 9.17) is 9.47 Å². The Labute approximate surface area is 123 Å². The van der Waals surface area contributed by atoms with Crippen LogP contribution in [0.15, 0.2) is 24.3 Å². The Bertz CT molecular complexity index is 499. The number of amides is 1. The van der Waals surface area contributed by atoms with Crippen molar-refractivity contribution in [1.29, 1.82) is 0 Å². The highest BCUT2D eigenvalue weighted by Gasteiger charge is 2.30. The number of nitrogens with zero attached hydrogens (tertiary/aromatic N) is 1. The molecular weight excluding hydrogens is 274 g/mol. The first-order valence-corrected chi connectivity index (χ1v) is 6.72. The van der Waals surface area contributed by atoms with Gasteiger partial charge in [-0.3, -0.25) is 4.79 Å². The lowest BCUT2D eigenvalue weighted by Gasteiger charge is -2.31. The number of carbonyl (C=O) groups is 2. The summed E-state index contributed by atoms with van der Waals surface area (Å²) in [7, 11) is 2.93. The van der Waals surface area contributed by atoms with Gasteiger partial charge in [-0.2, -0.15) is 0 Å². The van der Waals surface area contributed by atoms with Gasteiger partial charge in [-0.1, -0.05) is 12.1 Å². The molecule has 0 N–H and O–H groups in total. The zero-order valence-electron chi connectivity index (χ0n) is 12.2. The van der Waals surface area contributed by atoms with Crippen LogP contribution in [0.4, 0.5) is 0 Å². The summed E-state index contributed by atoms with van der Waals surface area (Å²) in [5.41, 5.74) is 1.59. The van der Waals surface area contributed by atoms with Crippen LogP contribution in [-0.2, 0) is 25.6 Å². The minimum Gasteiger partial charge on any atom is -0.467 e. The molecule has 1 aliphatic rings. The van der Waals surface area contributed by atoms with E-state index in [0.29, 0.717) is 25.3 Å². The number of methoxy groups -OCH3 is 2. The van der Waals surface area contributed by atoms with Crippen LogP contribution in [0.2, 0.25) is 0 Å². The predicted molar refractivity (Wildman–Crippen MR) is 74.8 cm³/mol. The van der Waals surface area contributed by atoms with E-state index in [1.54, 1.807) is 24.1 Å². The summed E-state index contributed by atoms with van der Waals surface area (Å²) in [4.78, 5) is 25.5. The number of benzene rings is 1. The van der Waals surface area contributed by atoms with E-state index >= 15 is 0 Å². The maximum Gasteiger partial charge on any atom is 0.336 e. The van der Waals surface area contributed by atoms with Crippen molar-refractivity contribution in [1.82, 2.24) is 4.90 Å². The monoisotopic (exact) mass is 293 g/mol. The van der Waals surface area contributed by atoms with E-state index in [0.717, 1.165) is 5.56 Å². The average Bonchev–Trinajstić information content (AvgIpc) is 2.54. The van der Waals surface area contributed by atoms with Gasteiger partial charge in [0.25, 0.3) is 5.91 Å². The smallest absolute Gasteiger partial charge is 0.336 e. The van der Waals surface area contributed by atoms with Crippen LogP contribution in [0.5, 0.6) is 0 Å². The number of morpholine rings is 1. The quantitative estimate of drug-likeness (QED) is 0.770. The fourth-order valence-corrected chi connectivity index (χ4v) is 2.20. The fraction of sp³-hybridized carbons (Fsp3) is 0.467. The second-order valence-electron chi connectivity index (χ2n) is 4.76. The number of esters is 1. The van der Waals surface area contributed by atoms with Crippen LogP contribution in [-0.4, -0.2) is 56.8 Å². The lowest BCUT2D eigenvalue weighted by atomic mass is 10.1. The number of rotatable bonds is 4. The van der Waals surface area contributed by atoms with Gasteiger partial charge in [0, 0.05) is 19.2 Å². The minimum absolute atomic E-state index is 0.115. The molecule has 0 spiro atoms. The van der Waals surface area contributed by atoms with E-state index in [-0.39, 0.29) is 12.5 Å². The molecule has 1 aromatic carbocycles. The third-order valence-corrected chi connectivity index (χ3v) is 3.33. The van der Waals surface area contributed by atoms with Gasteiger partial charge in [0.05, 0.1) is 26.9 Å². The standard InChI is InChI=1S/C15H19NO5/c1-19-10-11-3-5-12(6-4-11)14(17)16-7-8-21-13(9-16)15(18)20-2/h3-6,13H,7-10H2,1-2H3. The van der Waals surface area contributed by atoms with Gasteiger partial charge in [-0.15, -0.1) is 0 Å². The van der Waals surface area contributed by atoms with E-state index in [1.807, 2.05) is 12.1 Å². The predicted octanol–water partition coefficient (Wildman–Crippen LogP) is 0.847. The normalized spacial score (nSPS) is 18.4. The summed E-state index contributed by atoms with van der Waals surface area (Å²) in [6.07, 6.45) is -0.708. The third-order valence-electron chi connectivity index (χ3n) is 3.33. The molecule has 6 heteroatoms. The van der Waals surface area contributed by atoms with Crippen molar-refractivity contribution in [3.8, 4) is 0 Å². The maximum absolute atomic E-state index is 12.4. The van der Waals surface area contributed by atoms with Crippen molar-refractivity contribution in [2.24, 2.45) is 0 Å².